The molecule has 0 aromatic heterocycles. The summed E-state index contributed by atoms with van der Waals surface area (Å²) in [4.78, 5) is 36.4. The molecule has 0 unspecified atom stereocenters. The normalized spacial score (nSPS) is 39.5. The monoisotopic (exact) mass is 319 g/mol. The number of hydrogen-bond acceptors (Lipinski definition) is 3. The number of nitrogens with one attached hydrogen (secondary N) is 2. The van der Waals surface area contributed by atoms with E-state index in [2.05, 4.69) is 17.6 Å². The highest BCUT2D eigenvalue weighted by molar-refractivity contribution is 6.04. The lowest BCUT2D eigenvalue weighted by Gasteiger charge is -2.59. The van der Waals surface area contributed by atoms with Crippen LogP contribution in [0.25, 0.3) is 0 Å². The molecule has 5 fully saturated rings. The molecule has 4 aliphatic carbocycles. The minimum Gasteiger partial charge on any atom is -0.352 e. The van der Waals surface area contributed by atoms with Gasteiger partial charge in [-0.1, -0.05) is 0 Å². The summed E-state index contributed by atoms with van der Waals surface area (Å²) in [6, 6.07) is -0.350. The van der Waals surface area contributed by atoms with E-state index >= 15 is 0 Å². The van der Waals surface area contributed by atoms with Gasteiger partial charge in [0.05, 0.1) is 6.54 Å². The minimum absolute atomic E-state index is 0.00333. The lowest BCUT2D eigenvalue weighted by Crippen LogP contribution is -2.57. The van der Waals surface area contributed by atoms with Crippen LogP contribution < -0.4 is 10.6 Å². The fourth-order valence-corrected chi connectivity index (χ4v) is 5.91. The first kappa shape index (κ1) is 15.0. The summed E-state index contributed by atoms with van der Waals surface area (Å²) in [7, 11) is 0. The minimum atomic E-state index is -0.465. The van der Waals surface area contributed by atoms with Crippen LogP contribution in [0.3, 0.4) is 0 Å². The molecule has 1 aliphatic heterocycles. The molecular weight excluding hydrogens is 294 g/mol. The summed E-state index contributed by atoms with van der Waals surface area (Å²) in [5.74, 6) is 1.97. The summed E-state index contributed by atoms with van der Waals surface area (Å²) in [5.41, 5.74) is 0.238. The Bertz CT molecular complexity index is 508. The maximum Gasteiger partial charge on any atom is 0.325 e. The van der Waals surface area contributed by atoms with Crippen molar-refractivity contribution in [3.05, 3.63) is 0 Å². The first-order valence-electron chi connectivity index (χ1n) is 8.83. The molecule has 0 spiro atoms. The lowest BCUT2D eigenvalue weighted by atomic mass is 9.48. The van der Waals surface area contributed by atoms with E-state index in [1.807, 2.05) is 0 Å². The molecule has 4 amide bonds. The van der Waals surface area contributed by atoms with Crippen LogP contribution in [0.15, 0.2) is 0 Å². The third kappa shape index (κ3) is 2.52. The van der Waals surface area contributed by atoms with Gasteiger partial charge in [0.15, 0.2) is 0 Å². The van der Waals surface area contributed by atoms with E-state index in [-0.39, 0.29) is 36.4 Å². The van der Waals surface area contributed by atoms with Crippen LogP contribution in [0.2, 0.25) is 0 Å². The number of nitrogens with zero attached hydrogens (tertiary/aromatic N) is 1. The second-order valence-electron chi connectivity index (χ2n) is 8.21. The first-order valence-corrected chi connectivity index (χ1v) is 8.83. The Hall–Kier alpha value is -1.59. The number of amides is 4. The van der Waals surface area contributed by atoms with Gasteiger partial charge in [0.1, 0.15) is 6.54 Å². The van der Waals surface area contributed by atoms with E-state index in [9.17, 15) is 14.4 Å². The Morgan fingerprint density at radius 1 is 1.22 bits per heavy atom. The highest BCUT2D eigenvalue weighted by Crippen LogP contribution is 2.61. The number of carbonyl (C=O) groups excluding carboxylic acids is 3. The van der Waals surface area contributed by atoms with E-state index < -0.39 is 6.03 Å². The van der Waals surface area contributed by atoms with Gasteiger partial charge in [-0.25, -0.2) is 4.79 Å². The van der Waals surface area contributed by atoms with Gasteiger partial charge in [-0.15, -0.1) is 0 Å². The molecule has 23 heavy (non-hydrogen) atoms. The summed E-state index contributed by atoms with van der Waals surface area (Å²) in [6.45, 7) is 1.94. The van der Waals surface area contributed by atoms with Gasteiger partial charge in [-0.05, 0) is 68.6 Å². The molecule has 126 valence electrons. The molecule has 1 heterocycles. The van der Waals surface area contributed by atoms with Gasteiger partial charge in [0.25, 0.3) is 5.91 Å². The zero-order valence-electron chi connectivity index (χ0n) is 13.6. The van der Waals surface area contributed by atoms with Gasteiger partial charge in [0.2, 0.25) is 5.91 Å². The molecule has 5 rings (SSSR count). The molecule has 6 nitrogen and oxygen atoms in total. The Morgan fingerprint density at radius 2 is 1.78 bits per heavy atom. The first-order chi connectivity index (χ1) is 10.9. The molecule has 2 N–H and O–H groups in total. The van der Waals surface area contributed by atoms with Crippen LogP contribution in [0, 0.1) is 23.2 Å². The highest BCUT2D eigenvalue weighted by Gasteiger charge is 2.53. The van der Waals surface area contributed by atoms with Crippen molar-refractivity contribution in [3.63, 3.8) is 0 Å². The predicted molar refractivity (Wildman–Crippen MR) is 83.3 cm³/mol. The average Bonchev–Trinajstić information content (AvgIpc) is 2.77. The van der Waals surface area contributed by atoms with Crippen LogP contribution in [0.1, 0.15) is 45.4 Å². The second-order valence-corrected chi connectivity index (χ2v) is 8.21. The zero-order valence-corrected chi connectivity index (χ0v) is 13.6. The van der Waals surface area contributed by atoms with Crippen molar-refractivity contribution in [1.82, 2.24) is 15.5 Å². The Morgan fingerprint density at radius 3 is 2.26 bits per heavy atom. The van der Waals surface area contributed by atoms with Gasteiger partial charge in [-0.3, -0.25) is 14.5 Å². The Kier molecular flexibility index (Phi) is 3.39. The van der Waals surface area contributed by atoms with E-state index in [4.69, 9.17) is 0 Å². The highest BCUT2D eigenvalue weighted by atomic mass is 16.2. The van der Waals surface area contributed by atoms with Crippen molar-refractivity contribution in [1.29, 1.82) is 0 Å². The van der Waals surface area contributed by atoms with Crippen molar-refractivity contribution in [3.8, 4) is 0 Å². The number of imide groups is 1. The van der Waals surface area contributed by atoms with Crippen LogP contribution >= 0.6 is 0 Å². The maximum absolute atomic E-state index is 12.3. The van der Waals surface area contributed by atoms with Crippen molar-refractivity contribution in [2.75, 3.05) is 13.1 Å². The molecule has 6 heteroatoms. The number of hydrogen-bond donors (Lipinski definition) is 2. The molecule has 0 radical (unpaired) electrons. The Labute approximate surface area is 136 Å². The third-order valence-corrected chi connectivity index (χ3v) is 6.62. The molecule has 0 aromatic carbocycles. The fourth-order valence-electron chi connectivity index (χ4n) is 5.91. The van der Waals surface area contributed by atoms with Crippen molar-refractivity contribution in [2.45, 2.75) is 51.5 Å². The summed E-state index contributed by atoms with van der Waals surface area (Å²) < 4.78 is 0. The number of carbonyl (C=O) groups is 3. The SMILES string of the molecule is C[C@@H](NC(=O)CN1C(=O)CNC1=O)C12CC3CC(CC(C3)C1)C2. The average molecular weight is 319 g/mol. The van der Waals surface area contributed by atoms with Crippen LogP contribution in [0.5, 0.6) is 0 Å². The predicted octanol–water partition coefficient (Wildman–Crippen LogP) is 1.26. The molecular formula is C17H25N3O3. The van der Waals surface area contributed by atoms with Gasteiger partial charge >= 0.3 is 6.03 Å². The van der Waals surface area contributed by atoms with Crippen molar-refractivity contribution >= 4 is 17.8 Å². The standard InChI is InChI=1S/C17H25N3O3/c1-10(19-14(21)9-20-15(22)8-18-16(20)23)17-5-11-2-12(6-17)4-13(3-11)7-17/h10-13H,2-9H2,1H3,(H,18,23)(H,19,21)/t10-,11?,12?,13?,17?/m1/s1. The van der Waals surface area contributed by atoms with Gasteiger partial charge in [-0.2, -0.15) is 0 Å². The third-order valence-electron chi connectivity index (χ3n) is 6.62. The van der Waals surface area contributed by atoms with Crippen LogP contribution in [-0.2, 0) is 9.59 Å². The fraction of sp³-hybridized carbons (Fsp3) is 0.824. The summed E-state index contributed by atoms with van der Waals surface area (Å²) >= 11 is 0. The second kappa shape index (κ2) is 5.21. The van der Waals surface area contributed by atoms with Crippen molar-refractivity contribution < 1.29 is 14.4 Å². The quantitative estimate of drug-likeness (QED) is 0.766. The van der Waals surface area contributed by atoms with E-state index in [0.717, 1.165) is 22.7 Å². The molecule has 0 aromatic rings. The molecule has 4 bridgehead atoms. The molecule has 1 saturated heterocycles. The molecule has 5 aliphatic rings. The molecule has 4 saturated carbocycles. The largest absolute Gasteiger partial charge is 0.352 e. The smallest absolute Gasteiger partial charge is 0.325 e. The Balaban J connectivity index is 1.40. The molecule has 1 atom stereocenters. The zero-order chi connectivity index (χ0) is 16.2. The number of urea groups is 1. The van der Waals surface area contributed by atoms with Crippen molar-refractivity contribution in [2.24, 2.45) is 23.2 Å². The summed E-state index contributed by atoms with van der Waals surface area (Å²) in [6.07, 6.45) is 7.81. The van der Waals surface area contributed by atoms with E-state index in [1.165, 1.54) is 38.5 Å². The van der Waals surface area contributed by atoms with E-state index in [0.29, 0.717) is 0 Å². The maximum atomic E-state index is 12.3. The van der Waals surface area contributed by atoms with Crippen LogP contribution in [0.4, 0.5) is 4.79 Å². The van der Waals surface area contributed by atoms with Crippen LogP contribution in [-0.4, -0.2) is 41.9 Å². The van der Waals surface area contributed by atoms with Gasteiger partial charge in [0, 0.05) is 6.04 Å². The van der Waals surface area contributed by atoms with Gasteiger partial charge < -0.3 is 10.6 Å². The lowest BCUT2D eigenvalue weighted by molar-refractivity contribution is -0.132. The van der Waals surface area contributed by atoms with E-state index in [1.54, 1.807) is 0 Å². The topological polar surface area (TPSA) is 78.5 Å². The summed E-state index contributed by atoms with van der Waals surface area (Å²) in [5, 5.41) is 5.54. The number of rotatable bonds is 4.